The van der Waals surface area contributed by atoms with Crippen molar-refractivity contribution in [3.8, 4) is 0 Å². The van der Waals surface area contributed by atoms with Gasteiger partial charge in [0, 0.05) is 19.1 Å². The molecule has 3 aliphatic rings. The Morgan fingerprint density at radius 3 is 2.81 bits per heavy atom. The first-order valence-electron chi connectivity index (χ1n) is 6.04. The van der Waals surface area contributed by atoms with Crippen LogP contribution in [0.3, 0.4) is 0 Å². The van der Waals surface area contributed by atoms with E-state index >= 15 is 0 Å². The van der Waals surface area contributed by atoms with Crippen LogP contribution in [0.25, 0.3) is 0 Å². The van der Waals surface area contributed by atoms with E-state index in [0.29, 0.717) is 12.6 Å². The molecule has 2 N–H and O–H groups in total. The molecule has 16 heavy (non-hydrogen) atoms. The van der Waals surface area contributed by atoms with Crippen molar-refractivity contribution >= 4 is 11.8 Å². The van der Waals surface area contributed by atoms with E-state index in [1.165, 1.54) is 12.8 Å². The molecule has 2 aliphatic heterocycles. The number of piperidine rings is 1. The highest BCUT2D eigenvalue weighted by Crippen LogP contribution is 2.37. The predicted molar refractivity (Wildman–Crippen MR) is 57.6 cm³/mol. The molecule has 2 heterocycles. The van der Waals surface area contributed by atoms with E-state index in [1.807, 2.05) is 4.90 Å². The Hall–Kier alpha value is -1.10. The van der Waals surface area contributed by atoms with Crippen molar-refractivity contribution in [2.75, 3.05) is 19.6 Å². The molecular weight excluding hydrogens is 206 g/mol. The molecule has 0 radical (unpaired) electrons. The summed E-state index contributed by atoms with van der Waals surface area (Å²) in [5, 5.41) is 5.73. The maximum Gasteiger partial charge on any atom is 0.241 e. The van der Waals surface area contributed by atoms with Gasteiger partial charge in [0.2, 0.25) is 11.8 Å². The quantitative estimate of drug-likeness (QED) is 0.605. The van der Waals surface area contributed by atoms with E-state index in [4.69, 9.17) is 0 Å². The number of hydrogen-bond acceptors (Lipinski definition) is 3. The first-order chi connectivity index (χ1) is 7.74. The summed E-state index contributed by atoms with van der Waals surface area (Å²) in [5.74, 6) is 0.881. The monoisotopic (exact) mass is 223 g/mol. The third-order valence-corrected chi connectivity index (χ3v) is 4.00. The number of carbonyl (C=O) groups is 2. The molecule has 0 aromatic heterocycles. The van der Waals surface area contributed by atoms with E-state index in [2.05, 4.69) is 10.6 Å². The van der Waals surface area contributed by atoms with Crippen LogP contribution in [0, 0.1) is 5.92 Å². The maximum atomic E-state index is 12.2. The lowest BCUT2D eigenvalue weighted by atomic mass is 10.1. The van der Waals surface area contributed by atoms with E-state index in [9.17, 15) is 9.59 Å². The summed E-state index contributed by atoms with van der Waals surface area (Å²) in [6, 6.07) is 0.258. The predicted octanol–water partition coefficient (Wildman–Crippen LogP) is -0.915. The molecule has 5 nitrogen and oxygen atoms in total. The van der Waals surface area contributed by atoms with Crippen LogP contribution in [0.4, 0.5) is 0 Å². The first-order valence-corrected chi connectivity index (χ1v) is 6.04. The van der Waals surface area contributed by atoms with Crippen molar-refractivity contribution in [1.82, 2.24) is 15.5 Å². The summed E-state index contributed by atoms with van der Waals surface area (Å²) in [5.41, 5.74) is 0. The smallest absolute Gasteiger partial charge is 0.241 e. The van der Waals surface area contributed by atoms with Gasteiger partial charge in [-0.25, -0.2) is 0 Å². The molecule has 88 valence electrons. The average molecular weight is 223 g/mol. The number of likely N-dealkylation sites (tertiary alicyclic amines) is 1. The van der Waals surface area contributed by atoms with Crippen LogP contribution < -0.4 is 10.6 Å². The van der Waals surface area contributed by atoms with Gasteiger partial charge in [0.15, 0.2) is 0 Å². The lowest BCUT2D eigenvalue weighted by molar-refractivity contribution is -0.136. The van der Waals surface area contributed by atoms with E-state index in [1.54, 1.807) is 0 Å². The van der Waals surface area contributed by atoms with Crippen molar-refractivity contribution in [2.24, 2.45) is 5.92 Å². The summed E-state index contributed by atoms with van der Waals surface area (Å²) >= 11 is 0. The Morgan fingerprint density at radius 1 is 1.38 bits per heavy atom. The van der Waals surface area contributed by atoms with Crippen LogP contribution in [-0.4, -0.2) is 48.4 Å². The van der Waals surface area contributed by atoms with Crippen LogP contribution in [0.15, 0.2) is 0 Å². The summed E-state index contributed by atoms with van der Waals surface area (Å²) in [6.45, 7) is 1.62. The minimum Gasteiger partial charge on any atom is -0.353 e. The number of nitrogens with one attached hydrogen (secondary N) is 2. The Morgan fingerprint density at radius 2 is 2.25 bits per heavy atom. The van der Waals surface area contributed by atoms with E-state index < -0.39 is 0 Å². The third-order valence-electron chi connectivity index (χ3n) is 4.00. The summed E-state index contributed by atoms with van der Waals surface area (Å²) < 4.78 is 0. The fourth-order valence-corrected chi connectivity index (χ4v) is 3.14. The molecule has 2 bridgehead atoms. The van der Waals surface area contributed by atoms with Crippen LogP contribution in [-0.2, 0) is 9.59 Å². The molecule has 0 aromatic rings. The number of amides is 2. The molecule has 3 rings (SSSR count). The average Bonchev–Trinajstić information content (AvgIpc) is 2.91. The zero-order valence-corrected chi connectivity index (χ0v) is 9.24. The van der Waals surface area contributed by atoms with E-state index in [-0.39, 0.29) is 24.4 Å². The molecular formula is C11H17N3O2. The van der Waals surface area contributed by atoms with Gasteiger partial charge in [0.1, 0.15) is 6.04 Å². The standard InChI is InChI=1S/C11H17N3O2/c15-10-5-12-9(4-13-10)11(16)14-6-7-1-2-8(14)3-7/h7-9,12H,1-6H2,(H,13,15). The molecule has 0 aromatic carbocycles. The fourth-order valence-electron chi connectivity index (χ4n) is 3.14. The summed E-state index contributed by atoms with van der Waals surface area (Å²) in [7, 11) is 0. The number of piperazine rings is 1. The number of fused-ring (bicyclic) bond motifs is 2. The molecule has 3 unspecified atom stereocenters. The Kier molecular flexibility index (Phi) is 2.35. The van der Waals surface area contributed by atoms with Gasteiger partial charge in [-0.15, -0.1) is 0 Å². The molecule has 2 saturated heterocycles. The van der Waals surface area contributed by atoms with Crippen molar-refractivity contribution in [1.29, 1.82) is 0 Å². The third kappa shape index (κ3) is 1.59. The van der Waals surface area contributed by atoms with Gasteiger partial charge in [0.05, 0.1) is 6.54 Å². The minimum atomic E-state index is -0.211. The SMILES string of the molecule is O=C1CNC(C(=O)N2CC3CCC2C3)CN1. The van der Waals surface area contributed by atoms with Crippen LogP contribution in [0.1, 0.15) is 19.3 Å². The molecule has 3 atom stereocenters. The van der Waals surface area contributed by atoms with Crippen LogP contribution in [0.5, 0.6) is 0 Å². The number of rotatable bonds is 1. The second kappa shape index (κ2) is 3.73. The zero-order chi connectivity index (χ0) is 11.1. The Bertz CT molecular complexity index is 321. The number of hydrogen-bond donors (Lipinski definition) is 2. The highest BCUT2D eigenvalue weighted by Gasteiger charge is 2.42. The lowest BCUT2D eigenvalue weighted by Crippen LogP contribution is -2.59. The van der Waals surface area contributed by atoms with Gasteiger partial charge in [-0.05, 0) is 25.2 Å². The molecule has 1 aliphatic carbocycles. The van der Waals surface area contributed by atoms with Gasteiger partial charge in [0.25, 0.3) is 0 Å². The zero-order valence-electron chi connectivity index (χ0n) is 9.24. The first kappa shape index (κ1) is 10.1. The molecule has 1 saturated carbocycles. The van der Waals surface area contributed by atoms with Crippen molar-refractivity contribution < 1.29 is 9.59 Å². The molecule has 2 amide bonds. The van der Waals surface area contributed by atoms with Crippen LogP contribution >= 0.6 is 0 Å². The largest absolute Gasteiger partial charge is 0.353 e. The highest BCUT2D eigenvalue weighted by atomic mass is 16.2. The molecule has 3 fully saturated rings. The van der Waals surface area contributed by atoms with Gasteiger partial charge < -0.3 is 10.2 Å². The van der Waals surface area contributed by atoms with Gasteiger partial charge in [-0.1, -0.05) is 0 Å². The number of nitrogens with zero attached hydrogens (tertiary/aromatic N) is 1. The lowest BCUT2D eigenvalue weighted by Gasteiger charge is -2.32. The Balaban J connectivity index is 1.63. The topological polar surface area (TPSA) is 61.4 Å². The summed E-state index contributed by atoms with van der Waals surface area (Å²) in [6.07, 6.45) is 3.63. The summed E-state index contributed by atoms with van der Waals surface area (Å²) in [4.78, 5) is 25.2. The molecule has 5 heteroatoms. The van der Waals surface area contributed by atoms with E-state index in [0.717, 1.165) is 18.9 Å². The van der Waals surface area contributed by atoms with Gasteiger partial charge in [-0.3, -0.25) is 14.9 Å². The highest BCUT2D eigenvalue weighted by molar-refractivity contribution is 5.87. The fraction of sp³-hybridized carbons (Fsp3) is 0.818. The van der Waals surface area contributed by atoms with Crippen LogP contribution in [0.2, 0.25) is 0 Å². The van der Waals surface area contributed by atoms with Gasteiger partial charge >= 0.3 is 0 Å². The normalized spacial score (nSPS) is 37.6. The molecule has 0 spiro atoms. The second-order valence-electron chi connectivity index (χ2n) is 5.06. The Labute approximate surface area is 94.6 Å². The number of carbonyl (C=O) groups excluding carboxylic acids is 2. The van der Waals surface area contributed by atoms with Crippen molar-refractivity contribution in [2.45, 2.75) is 31.3 Å². The van der Waals surface area contributed by atoms with Crippen molar-refractivity contribution in [3.05, 3.63) is 0 Å². The van der Waals surface area contributed by atoms with Gasteiger partial charge in [-0.2, -0.15) is 0 Å². The minimum absolute atomic E-state index is 0.0213. The maximum absolute atomic E-state index is 12.2. The second-order valence-corrected chi connectivity index (χ2v) is 5.06. The van der Waals surface area contributed by atoms with Crippen molar-refractivity contribution in [3.63, 3.8) is 0 Å².